The van der Waals surface area contributed by atoms with E-state index in [9.17, 15) is 9.59 Å². The summed E-state index contributed by atoms with van der Waals surface area (Å²) in [4.78, 5) is 29.4. The number of esters is 2. The molecule has 0 aliphatic carbocycles. The van der Waals surface area contributed by atoms with E-state index in [1.165, 1.54) is 7.11 Å². The summed E-state index contributed by atoms with van der Waals surface area (Å²) in [6, 6.07) is 25.7. The van der Waals surface area contributed by atoms with Crippen molar-refractivity contribution in [2.24, 2.45) is 4.99 Å². The van der Waals surface area contributed by atoms with Gasteiger partial charge in [-0.1, -0.05) is 48.5 Å². The number of nitrogens with zero attached hydrogens (tertiary/aromatic N) is 1. The standard InChI is InChI=1S/C28H18BrNO5/c1-33-24-15-17(13-22(29)25(24)34-27(31)19-8-3-2-4-9-19)14-23-28(32)35-26(30-23)21-12-11-18-7-5-6-10-20(18)16-21/h2-16H,1H3/b23-14-. The van der Waals surface area contributed by atoms with Crippen LogP contribution in [0.15, 0.2) is 100 Å². The van der Waals surface area contributed by atoms with Gasteiger partial charge in [-0.2, -0.15) is 0 Å². The van der Waals surface area contributed by atoms with E-state index in [0.29, 0.717) is 26.9 Å². The molecule has 172 valence electrons. The molecule has 0 atom stereocenters. The van der Waals surface area contributed by atoms with Crippen LogP contribution in [0, 0.1) is 0 Å². The number of carbonyl (C=O) groups excluding carboxylic acids is 2. The molecule has 0 amide bonds. The lowest BCUT2D eigenvalue weighted by Crippen LogP contribution is -2.09. The first-order valence-electron chi connectivity index (χ1n) is 10.7. The Labute approximate surface area is 209 Å². The molecule has 0 spiro atoms. The molecule has 7 heteroatoms. The van der Waals surface area contributed by atoms with Crippen molar-refractivity contribution in [1.29, 1.82) is 0 Å². The molecule has 1 heterocycles. The molecule has 4 aromatic rings. The number of methoxy groups -OCH3 is 1. The molecule has 6 nitrogen and oxygen atoms in total. The smallest absolute Gasteiger partial charge is 0.363 e. The lowest BCUT2D eigenvalue weighted by molar-refractivity contribution is -0.129. The van der Waals surface area contributed by atoms with Crippen molar-refractivity contribution < 1.29 is 23.8 Å². The van der Waals surface area contributed by atoms with Crippen LogP contribution in [0.1, 0.15) is 21.5 Å². The zero-order valence-electron chi connectivity index (χ0n) is 18.5. The number of rotatable bonds is 5. The predicted molar refractivity (Wildman–Crippen MR) is 137 cm³/mol. The van der Waals surface area contributed by atoms with Crippen LogP contribution in [-0.2, 0) is 9.53 Å². The number of carbonyl (C=O) groups is 2. The van der Waals surface area contributed by atoms with Gasteiger partial charge in [0.25, 0.3) is 0 Å². The molecule has 4 aromatic carbocycles. The molecular formula is C28H18BrNO5. The highest BCUT2D eigenvalue weighted by atomic mass is 79.9. The molecule has 0 radical (unpaired) electrons. The number of halogens is 1. The summed E-state index contributed by atoms with van der Waals surface area (Å²) in [6.45, 7) is 0. The quantitative estimate of drug-likeness (QED) is 0.176. The van der Waals surface area contributed by atoms with E-state index in [4.69, 9.17) is 14.2 Å². The lowest BCUT2D eigenvalue weighted by Gasteiger charge is -2.12. The van der Waals surface area contributed by atoms with E-state index >= 15 is 0 Å². The average molecular weight is 528 g/mol. The maximum Gasteiger partial charge on any atom is 0.363 e. The van der Waals surface area contributed by atoms with Crippen LogP contribution in [0.4, 0.5) is 0 Å². The average Bonchev–Trinajstić information content (AvgIpc) is 3.25. The summed E-state index contributed by atoms with van der Waals surface area (Å²) < 4.78 is 16.9. The van der Waals surface area contributed by atoms with Gasteiger partial charge >= 0.3 is 11.9 Å². The fraction of sp³-hybridized carbons (Fsp3) is 0.0357. The second-order valence-electron chi connectivity index (χ2n) is 7.69. The first-order valence-corrected chi connectivity index (χ1v) is 11.5. The van der Waals surface area contributed by atoms with Crippen LogP contribution in [0.3, 0.4) is 0 Å². The van der Waals surface area contributed by atoms with Gasteiger partial charge in [0.1, 0.15) is 0 Å². The van der Waals surface area contributed by atoms with Gasteiger partial charge in [0, 0.05) is 5.56 Å². The Bertz CT molecular complexity index is 1530. The lowest BCUT2D eigenvalue weighted by atomic mass is 10.1. The number of ether oxygens (including phenoxy) is 3. The third-order valence-electron chi connectivity index (χ3n) is 5.38. The van der Waals surface area contributed by atoms with E-state index in [1.54, 1.807) is 42.5 Å². The molecule has 35 heavy (non-hydrogen) atoms. The third kappa shape index (κ3) is 4.72. The summed E-state index contributed by atoms with van der Waals surface area (Å²) in [5.74, 6) is -0.271. The van der Waals surface area contributed by atoms with Crippen LogP contribution in [-0.4, -0.2) is 24.9 Å². The van der Waals surface area contributed by atoms with E-state index < -0.39 is 11.9 Å². The molecular weight excluding hydrogens is 510 g/mol. The number of cyclic esters (lactones) is 1. The highest BCUT2D eigenvalue weighted by Gasteiger charge is 2.25. The Hall–Kier alpha value is -4.23. The first-order chi connectivity index (χ1) is 17.0. The number of aliphatic imine (C=N–C) groups is 1. The van der Waals surface area contributed by atoms with E-state index in [-0.39, 0.29) is 17.3 Å². The molecule has 0 unspecified atom stereocenters. The van der Waals surface area contributed by atoms with Crippen LogP contribution in [0.5, 0.6) is 11.5 Å². The topological polar surface area (TPSA) is 74.2 Å². The monoisotopic (exact) mass is 527 g/mol. The fourth-order valence-corrected chi connectivity index (χ4v) is 4.20. The summed E-state index contributed by atoms with van der Waals surface area (Å²) >= 11 is 3.44. The normalized spacial score (nSPS) is 14.1. The van der Waals surface area contributed by atoms with Gasteiger partial charge < -0.3 is 14.2 Å². The molecule has 0 bridgehead atoms. The van der Waals surface area contributed by atoms with E-state index in [2.05, 4.69) is 20.9 Å². The Morgan fingerprint density at radius 3 is 2.46 bits per heavy atom. The molecule has 0 N–H and O–H groups in total. The minimum absolute atomic E-state index is 0.149. The maximum absolute atomic E-state index is 12.5. The predicted octanol–water partition coefficient (Wildman–Crippen LogP) is 6.17. The van der Waals surface area contributed by atoms with E-state index in [1.807, 2.05) is 48.5 Å². The van der Waals surface area contributed by atoms with Crippen molar-refractivity contribution >= 4 is 50.6 Å². The van der Waals surface area contributed by atoms with Gasteiger partial charge in [0.2, 0.25) is 5.90 Å². The molecule has 1 aliphatic rings. The Morgan fingerprint density at radius 2 is 1.69 bits per heavy atom. The first kappa shape index (κ1) is 22.6. The number of fused-ring (bicyclic) bond motifs is 1. The molecule has 0 aromatic heterocycles. The number of hydrogen-bond donors (Lipinski definition) is 0. The van der Waals surface area contributed by atoms with Crippen molar-refractivity contribution in [3.8, 4) is 11.5 Å². The molecule has 0 fully saturated rings. The largest absolute Gasteiger partial charge is 0.493 e. The summed E-state index contributed by atoms with van der Waals surface area (Å²) in [6.07, 6.45) is 1.59. The Balaban J connectivity index is 1.44. The second kappa shape index (κ2) is 9.56. The third-order valence-corrected chi connectivity index (χ3v) is 5.97. The summed E-state index contributed by atoms with van der Waals surface area (Å²) in [5, 5.41) is 2.11. The summed E-state index contributed by atoms with van der Waals surface area (Å²) in [5.41, 5.74) is 1.89. The van der Waals surface area contributed by atoms with Crippen molar-refractivity contribution in [2.45, 2.75) is 0 Å². The van der Waals surface area contributed by atoms with Gasteiger partial charge in [0.15, 0.2) is 17.2 Å². The minimum Gasteiger partial charge on any atom is -0.493 e. The maximum atomic E-state index is 12.5. The summed E-state index contributed by atoms with van der Waals surface area (Å²) in [7, 11) is 1.47. The molecule has 5 rings (SSSR count). The molecule has 1 aliphatic heterocycles. The van der Waals surface area contributed by atoms with Crippen LogP contribution >= 0.6 is 15.9 Å². The minimum atomic E-state index is -0.553. The van der Waals surface area contributed by atoms with Crippen LogP contribution < -0.4 is 9.47 Å². The Morgan fingerprint density at radius 1 is 0.943 bits per heavy atom. The van der Waals surface area contributed by atoms with Crippen molar-refractivity contribution in [3.05, 3.63) is 112 Å². The van der Waals surface area contributed by atoms with E-state index in [0.717, 1.165) is 10.8 Å². The number of hydrogen-bond acceptors (Lipinski definition) is 6. The number of benzene rings is 4. The second-order valence-corrected chi connectivity index (χ2v) is 8.54. The SMILES string of the molecule is COc1cc(/C=C2\N=C(c3ccc4ccccc4c3)OC2=O)cc(Br)c1OC(=O)c1ccccc1. The van der Waals surface area contributed by atoms with Gasteiger partial charge in [-0.3, -0.25) is 0 Å². The van der Waals surface area contributed by atoms with Gasteiger partial charge in [-0.25, -0.2) is 14.6 Å². The van der Waals surface area contributed by atoms with Crippen molar-refractivity contribution in [3.63, 3.8) is 0 Å². The van der Waals surface area contributed by atoms with Crippen molar-refractivity contribution in [2.75, 3.05) is 7.11 Å². The molecule has 0 saturated heterocycles. The van der Waals surface area contributed by atoms with Gasteiger partial charge in [-0.15, -0.1) is 0 Å². The Kier molecular flexibility index (Phi) is 6.16. The van der Waals surface area contributed by atoms with Gasteiger partial charge in [0.05, 0.1) is 17.1 Å². The zero-order valence-corrected chi connectivity index (χ0v) is 20.1. The van der Waals surface area contributed by atoms with Crippen LogP contribution in [0.25, 0.3) is 16.8 Å². The highest BCUT2D eigenvalue weighted by molar-refractivity contribution is 9.10. The zero-order chi connectivity index (χ0) is 24.4. The van der Waals surface area contributed by atoms with Crippen molar-refractivity contribution in [1.82, 2.24) is 0 Å². The van der Waals surface area contributed by atoms with Gasteiger partial charge in [-0.05, 0) is 74.7 Å². The fourth-order valence-electron chi connectivity index (χ4n) is 3.66. The highest BCUT2D eigenvalue weighted by Crippen LogP contribution is 2.38. The molecule has 0 saturated carbocycles. The van der Waals surface area contributed by atoms with Crippen LogP contribution in [0.2, 0.25) is 0 Å².